The van der Waals surface area contributed by atoms with Crippen LogP contribution in [0.3, 0.4) is 0 Å². The molecule has 52 valence electrons. The number of hydrogen-bond acceptors (Lipinski definition) is 2. The first-order chi connectivity index (χ1) is 4.16. The Morgan fingerprint density at radius 1 is 1.67 bits per heavy atom. The van der Waals surface area contributed by atoms with Crippen LogP contribution < -0.4 is 16.9 Å². The van der Waals surface area contributed by atoms with Crippen LogP contribution in [0, 0.1) is 5.41 Å². The van der Waals surface area contributed by atoms with Crippen molar-refractivity contribution >= 4 is 11.9 Å². The molecule has 0 fully saturated rings. The van der Waals surface area contributed by atoms with Crippen molar-refractivity contribution in [2.24, 2.45) is 16.5 Å². The molecule has 0 rings (SSSR count). The highest BCUT2D eigenvalue weighted by molar-refractivity contribution is 5.91. The lowest BCUT2D eigenvalue weighted by Gasteiger charge is -1.98. The van der Waals surface area contributed by atoms with Gasteiger partial charge >= 0.3 is 0 Å². The summed E-state index contributed by atoms with van der Waals surface area (Å²) >= 11 is 0. The number of nitrogens with one attached hydrogen (secondary N) is 2. The van der Waals surface area contributed by atoms with E-state index >= 15 is 0 Å². The zero-order valence-electron chi connectivity index (χ0n) is 5.01. The molecule has 0 saturated carbocycles. The second-order valence-electron chi connectivity index (χ2n) is 1.19. The lowest BCUT2D eigenvalue weighted by molar-refractivity contribution is 0.143. The summed E-state index contributed by atoms with van der Waals surface area (Å²) in [5.74, 6) is -0.401. The van der Waals surface area contributed by atoms with Gasteiger partial charge in [0.1, 0.15) is 0 Å². The van der Waals surface area contributed by atoms with E-state index in [0.717, 1.165) is 0 Å². The van der Waals surface area contributed by atoms with E-state index in [1.807, 2.05) is 0 Å². The molecular weight excluding hydrogens is 122 g/mol. The summed E-state index contributed by atoms with van der Waals surface area (Å²) in [6.45, 7) is 0. The molecular formula is C3H9N5O. The molecule has 0 amide bonds. The van der Waals surface area contributed by atoms with Crippen molar-refractivity contribution in [2.75, 3.05) is 7.11 Å². The third-order valence-electron chi connectivity index (χ3n) is 0.448. The van der Waals surface area contributed by atoms with Crippen LogP contribution in [-0.2, 0) is 4.84 Å². The molecule has 0 unspecified atom stereocenters. The average molecular weight is 131 g/mol. The van der Waals surface area contributed by atoms with Gasteiger partial charge in [-0.25, -0.2) is 5.48 Å². The van der Waals surface area contributed by atoms with E-state index in [1.54, 1.807) is 0 Å². The highest BCUT2D eigenvalue weighted by Gasteiger charge is 1.86. The van der Waals surface area contributed by atoms with E-state index < -0.39 is 0 Å². The van der Waals surface area contributed by atoms with E-state index in [2.05, 4.69) is 15.3 Å². The van der Waals surface area contributed by atoms with E-state index in [4.69, 9.17) is 16.9 Å². The summed E-state index contributed by atoms with van der Waals surface area (Å²) in [6, 6.07) is 0. The Bertz CT molecular complexity index is 130. The lowest BCUT2D eigenvalue weighted by Crippen LogP contribution is -2.32. The average Bonchev–Trinajstić information content (AvgIpc) is 1.63. The monoisotopic (exact) mass is 131 g/mol. The summed E-state index contributed by atoms with van der Waals surface area (Å²) in [5.41, 5.74) is 12.1. The van der Waals surface area contributed by atoms with Gasteiger partial charge in [-0.1, -0.05) is 0 Å². The molecule has 0 aromatic rings. The van der Waals surface area contributed by atoms with Gasteiger partial charge in [-0.2, -0.15) is 4.99 Å². The molecule has 0 atom stereocenters. The number of rotatable bonds is 1. The number of aliphatic imine (C=N–C) groups is 1. The van der Waals surface area contributed by atoms with Gasteiger partial charge in [-0.3, -0.25) is 10.2 Å². The molecule has 9 heavy (non-hydrogen) atoms. The summed E-state index contributed by atoms with van der Waals surface area (Å²) in [7, 11) is 1.38. The minimum atomic E-state index is -0.364. The molecule has 0 aliphatic heterocycles. The fraction of sp³-hybridized carbons (Fsp3) is 0.333. The van der Waals surface area contributed by atoms with Gasteiger partial charge in [0.2, 0.25) is 11.9 Å². The fourth-order valence-corrected chi connectivity index (χ4v) is 0.257. The first-order valence-corrected chi connectivity index (χ1v) is 2.14. The summed E-state index contributed by atoms with van der Waals surface area (Å²) in [6.07, 6.45) is 0. The van der Waals surface area contributed by atoms with Crippen molar-refractivity contribution in [3.63, 3.8) is 0 Å². The molecule has 0 radical (unpaired) electrons. The van der Waals surface area contributed by atoms with Gasteiger partial charge in [-0.05, 0) is 0 Å². The first-order valence-electron chi connectivity index (χ1n) is 2.14. The zero-order valence-corrected chi connectivity index (χ0v) is 5.01. The molecule has 0 aliphatic rings. The van der Waals surface area contributed by atoms with Crippen LogP contribution in [0.5, 0.6) is 0 Å². The third kappa shape index (κ3) is 4.56. The summed E-state index contributed by atoms with van der Waals surface area (Å²) in [4.78, 5) is 7.63. The quantitative estimate of drug-likeness (QED) is 0.194. The Morgan fingerprint density at radius 2 is 2.22 bits per heavy atom. The van der Waals surface area contributed by atoms with Crippen molar-refractivity contribution in [1.29, 1.82) is 5.41 Å². The normalized spacial score (nSPS) is 11.0. The number of hydrogen-bond donors (Lipinski definition) is 4. The molecule has 6 nitrogen and oxygen atoms in total. The third-order valence-corrected chi connectivity index (χ3v) is 0.448. The smallest absolute Gasteiger partial charge is 0.221 e. The maximum Gasteiger partial charge on any atom is 0.221 e. The van der Waals surface area contributed by atoms with Crippen LogP contribution in [0.15, 0.2) is 4.99 Å². The summed E-state index contributed by atoms with van der Waals surface area (Å²) in [5, 5.41) is 6.62. The molecule has 0 aliphatic carbocycles. The molecule has 0 spiro atoms. The fourth-order valence-electron chi connectivity index (χ4n) is 0.257. The molecule has 0 aromatic heterocycles. The Kier molecular flexibility index (Phi) is 3.14. The predicted molar refractivity (Wildman–Crippen MR) is 33.7 cm³/mol. The van der Waals surface area contributed by atoms with Gasteiger partial charge < -0.3 is 11.5 Å². The second kappa shape index (κ2) is 3.67. The van der Waals surface area contributed by atoms with Crippen molar-refractivity contribution in [1.82, 2.24) is 5.48 Å². The first kappa shape index (κ1) is 7.70. The number of hydroxylamine groups is 1. The minimum absolute atomic E-state index is 0.0370. The van der Waals surface area contributed by atoms with Crippen LogP contribution in [0.2, 0.25) is 0 Å². The van der Waals surface area contributed by atoms with E-state index in [0.29, 0.717) is 0 Å². The van der Waals surface area contributed by atoms with E-state index in [-0.39, 0.29) is 11.9 Å². The van der Waals surface area contributed by atoms with Crippen molar-refractivity contribution in [3.8, 4) is 0 Å². The van der Waals surface area contributed by atoms with Gasteiger partial charge in [0, 0.05) is 0 Å². The van der Waals surface area contributed by atoms with Crippen molar-refractivity contribution < 1.29 is 4.84 Å². The second-order valence-corrected chi connectivity index (χ2v) is 1.19. The largest absolute Gasteiger partial charge is 0.368 e. The Hall–Kier alpha value is -1.30. The molecule has 0 heterocycles. The van der Waals surface area contributed by atoms with Crippen LogP contribution in [0.4, 0.5) is 0 Å². The number of nitrogens with zero attached hydrogens (tertiary/aromatic N) is 1. The highest BCUT2D eigenvalue weighted by atomic mass is 16.6. The van der Waals surface area contributed by atoms with Gasteiger partial charge in [0.25, 0.3) is 0 Å². The highest BCUT2D eigenvalue weighted by Crippen LogP contribution is 1.63. The predicted octanol–water partition coefficient (Wildman–Crippen LogP) is -1.65. The summed E-state index contributed by atoms with van der Waals surface area (Å²) < 4.78 is 0. The number of guanidine groups is 2. The van der Waals surface area contributed by atoms with E-state index in [9.17, 15) is 0 Å². The zero-order chi connectivity index (χ0) is 7.28. The van der Waals surface area contributed by atoms with Crippen LogP contribution in [0.1, 0.15) is 0 Å². The van der Waals surface area contributed by atoms with Crippen LogP contribution in [0.25, 0.3) is 0 Å². The maximum atomic E-state index is 6.62. The topological polar surface area (TPSA) is 110 Å². The molecule has 0 bridgehead atoms. The maximum absolute atomic E-state index is 6.62. The van der Waals surface area contributed by atoms with Gasteiger partial charge in [0.05, 0.1) is 7.11 Å². The van der Waals surface area contributed by atoms with E-state index in [1.165, 1.54) is 7.11 Å². The molecule has 6 heteroatoms. The Balaban J connectivity index is 3.69. The number of nitrogens with two attached hydrogens (primary N) is 2. The SMILES string of the molecule is CONC(N)=NC(=N)N. The van der Waals surface area contributed by atoms with Crippen LogP contribution in [-0.4, -0.2) is 19.0 Å². The molecule has 0 saturated heterocycles. The Labute approximate surface area is 52.3 Å². The van der Waals surface area contributed by atoms with Crippen LogP contribution >= 0.6 is 0 Å². The Morgan fingerprint density at radius 3 is 2.56 bits per heavy atom. The van der Waals surface area contributed by atoms with Crippen molar-refractivity contribution in [3.05, 3.63) is 0 Å². The minimum Gasteiger partial charge on any atom is -0.368 e. The van der Waals surface area contributed by atoms with Crippen molar-refractivity contribution in [2.45, 2.75) is 0 Å². The molecule has 6 N–H and O–H groups in total. The standard InChI is InChI=1S/C3H9N5O/c1-9-8-3(6)7-2(4)5/h1H3,(H6,4,5,6,7,8). The van der Waals surface area contributed by atoms with Gasteiger partial charge in [-0.15, -0.1) is 0 Å². The van der Waals surface area contributed by atoms with Gasteiger partial charge in [0.15, 0.2) is 0 Å². The lowest BCUT2D eigenvalue weighted by atomic mass is 10.9. The molecule has 0 aromatic carbocycles.